The quantitative estimate of drug-likeness (QED) is 0.255. The van der Waals surface area contributed by atoms with Gasteiger partial charge in [0.25, 0.3) is 0 Å². The van der Waals surface area contributed by atoms with Crippen molar-refractivity contribution in [2.75, 3.05) is 13.3 Å². The number of hydrogen-bond donors (Lipinski definition) is 1. The van der Waals surface area contributed by atoms with E-state index in [2.05, 4.69) is 17.8 Å². The molecule has 0 atom stereocenters. The van der Waals surface area contributed by atoms with Crippen molar-refractivity contribution in [3.8, 4) is 12.3 Å². The molecule has 3 heteroatoms. The molecule has 1 amide bonds. The highest BCUT2D eigenvalue weighted by atomic mass is 16.5. The summed E-state index contributed by atoms with van der Waals surface area (Å²) >= 11 is 0. The van der Waals surface area contributed by atoms with Crippen molar-refractivity contribution in [2.24, 2.45) is 0 Å². The maximum Gasteiger partial charge on any atom is 0.245 e. The van der Waals surface area contributed by atoms with Crippen molar-refractivity contribution >= 4 is 5.91 Å². The van der Waals surface area contributed by atoms with Crippen LogP contribution in [0.1, 0.15) is 0 Å². The Kier molecular flexibility index (Phi) is 5.12. The van der Waals surface area contributed by atoms with E-state index in [0.29, 0.717) is 0 Å². The minimum atomic E-state index is -0.267. The first kappa shape index (κ1) is 8.73. The third-order valence-electron chi connectivity index (χ3n) is 0.719. The lowest BCUT2D eigenvalue weighted by Crippen LogP contribution is -2.23. The van der Waals surface area contributed by atoms with E-state index in [0.717, 1.165) is 0 Å². The molecule has 0 aromatic carbocycles. The molecule has 0 heterocycles. The van der Waals surface area contributed by atoms with Gasteiger partial charge < -0.3 is 10.1 Å². The molecule has 0 aliphatic heterocycles. The van der Waals surface area contributed by atoms with Crippen LogP contribution in [0.25, 0.3) is 0 Å². The van der Waals surface area contributed by atoms with Crippen LogP contribution in [0.5, 0.6) is 0 Å². The molecular weight excluding hydrogens is 130 g/mol. The van der Waals surface area contributed by atoms with Crippen molar-refractivity contribution < 1.29 is 9.53 Å². The zero-order chi connectivity index (χ0) is 7.82. The van der Waals surface area contributed by atoms with Crippen LogP contribution in [0, 0.1) is 12.3 Å². The van der Waals surface area contributed by atoms with Gasteiger partial charge in [-0.25, -0.2) is 0 Å². The van der Waals surface area contributed by atoms with Crippen molar-refractivity contribution in [3.05, 3.63) is 12.7 Å². The topological polar surface area (TPSA) is 38.3 Å². The average molecular weight is 139 g/mol. The van der Waals surface area contributed by atoms with Gasteiger partial charge in [0.1, 0.15) is 13.3 Å². The molecule has 0 spiro atoms. The highest BCUT2D eigenvalue weighted by molar-refractivity contribution is 5.86. The van der Waals surface area contributed by atoms with E-state index >= 15 is 0 Å². The number of amides is 1. The van der Waals surface area contributed by atoms with E-state index in [1.54, 1.807) is 0 Å². The molecule has 0 radical (unpaired) electrons. The summed E-state index contributed by atoms with van der Waals surface area (Å²) < 4.78 is 4.74. The maximum atomic E-state index is 10.4. The minimum absolute atomic E-state index is 0.134. The molecule has 0 saturated heterocycles. The maximum absolute atomic E-state index is 10.4. The Bertz CT molecular complexity index is 157. The van der Waals surface area contributed by atoms with Crippen molar-refractivity contribution in [1.82, 2.24) is 5.32 Å². The van der Waals surface area contributed by atoms with Gasteiger partial charge in [0.2, 0.25) is 5.91 Å². The molecule has 0 aromatic heterocycles. The molecule has 3 nitrogen and oxygen atoms in total. The SMILES string of the molecule is C#CCOCNC(=O)C=C. The number of carbonyl (C=O) groups excluding carboxylic acids is 1. The van der Waals surface area contributed by atoms with Gasteiger partial charge in [-0.15, -0.1) is 6.42 Å². The van der Waals surface area contributed by atoms with Gasteiger partial charge in [0.05, 0.1) is 0 Å². The molecule has 0 bridgehead atoms. The number of rotatable bonds is 4. The summed E-state index contributed by atoms with van der Waals surface area (Å²) in [6.07, 6.45) is 6.04. The Morgan fingerprint density at radius 2 is 2.60 bits per heavy atom. The van der Waals surface area contributed by atoms with Crippen molar-refractivity contribution in [3.63, 3.8) is 0 Å². The first-order valence-corrected chi connectivity index (χ1v) is 2.72. The van der Waals surface area contributed by atoms with Crippen LogP contribution in [0.3, 0.4) is 0 Å². The van der Waals surface area contributed by atoms with Crippen LogP contribution in [0.4, 0.5) is 0 Å². The fourth-order valence-corrected chi connectivity index (χ4v) is 0.304. The Morgan fingerprint density at radius 3 is 3.10 bits per heavy atom. The van der Waals surface area contributed by atoms with E-state index in [1.807, 2.05) is 0 Å². The van der Waals surface area contributed by atoms with Crippen LogP contribution in [0.15, 0.2) is 12.7 Å². The number of carbonyl (C=O) groups is 1. The Balaban J connectivity index is 3.13. The third-order valence-corrected chi connectivity index (χ3v) is 0.719. The van der Waals surface area contributed by atoms with Gasteiger partial charge in [0.15, 0.2) is 0 Å². The Labute approximate surface area is 60.1 Å². The molecule has 0 rings (SSSR count). The molecule has 0 aliphatic rings. The molecule has 0 aromatic rings. The summed E-state index contributed by atoms with van der Waals surface area (Å²) in [6.45, 7) is 3.59. The van der Waals surface area contributed by atoms with Gasteiger partial charge >= 0.3 is 0 Å². The average Bonchev–Trinajstić information content (AvgIpc) is 1.98. The van der Waals surface area contributed by atoms with E-state index in [-0.39, 0.29) is 19.2 Å². The molecule has 0 fully saturated rings. The van der Waals surface area contributed by atoms with Gasteiger partial charge in [0, 0.05) is 0 Å². The lowest BCUT2D eigenvalue weighted by atomic mass is 10.6. The molecule has 1 N–H and O–H groups in total. The van der Waals surface area contributed by atoms with Crippen LogP contribution in [-0.4, -0.2) is 19.2 Å². The Hall–Kier alpha value is -1.27. The molecule has 0 saturated carbocycles. The molecular formula is C7H9NO2. The summed E-state index contributed by atoms with van der Waals surface area (Å²) in [7, 11) is 0. The number of terminal acetylenes is 1. The van der Waals surface area contributed by atoms with Crippen molar-refractivity contribution in [1.29, 1.82) is 0 Å². The van der Waals surface area contributed by atoms with Crippen LogP contribution in [-0.2, 0) is 9.53 Å². The fraction of sp³-hybridized carbons (Fsp3) is 0.286. The third kappa shape index (κ3) is 4.88. The van der Waals surface area contributed by atoms with Crippen LogP contribution in [0.2, 0.25) is 0 Å². The standard InChI is InChI=1S/C7H9NO2/c1-3-5-10-6-8-7(9)4-2/h1,4H,2,5-6H2,(H,8,9). The van der Waals surface area contributed by atoms with Gasteiger partial charge in [-0.3, -0.25) is 4.79 Å². The van der Waals surface area contributed by atoms with Crippen molar-refractivity contribution in [2.45, 2.75) is 0 Å². The zero-order valence-corrected chi connectivity index (χ0v) is 5.59. The van der Waals surface area contributed by atoms with Crippen LogP contribution >= 0.6 is 0 Å². The second kappa shape index (κ2) is 5.86. The largest absolute Gasteiger partial charge is 0.349 e. The number of nitrogens with one attached hydrogen (secondary N) is 1. The number of ether oxygens (including phenoxy) is 1. The highest BCUT2D eigenvalue weighted by Gasteiger charge is 1.89. The van der Waals surface area contributed by atoms with E-state index < -0.39 is 0 Å². The summed E-state index contributed by atoms with van der Waals surface area (Å²) in [5, 5.41) is 2.39. The second-order valence-corrected chi connectivity index (χ2v) is 1.44. The lowest BCUT2D eigenvalue weighted by Gasteiger charge is -1.99. The van der Waals surface area contributed by atoms with Gasteiger partial charge in [-0.05, 0) is 6.08 Å². The normalized spacial score (nSPS) is 7.90. The van der Waals surface area contributed by atoms with E-state index in [4.69, 9.17) is 11.2 Å². The summed E-state index contributed by atoms with van der Waals surface area (Å²) in [5.41, 5.74) is 0. The van der Waals surface area contributed by atoms with Crippen LogP contribution < -0.4 is 5.32 Å². The summed E-state index contributed by atoms with van der Waals surface area (Å²) in [5.74, 6) is 1.99. The van der Waals surface area contributed by atoms with E-state index in [1.165, 1.54) is 6.08 Å². The lowest BCUT2D eigenvalue weighted by molar-refractivity contribution is -0.118. The Morgan fingerprint density at radius 1 is 1.90 bits per heavy atom. The second-order valence-electron chi connectivity index (χ2n) is 1.44. The fourth-order valence-electron chi connectivity index (χ4n) is 0.304. The molecule has 10 heavy (non-hydrogen) atoms. The zero-order valence-electron chi connectivity index (χ0n) is 5.59. The smallest absolute Gasteiger partial charge is 0.245 e. The molecule has 0 aliphatic carbocycles. The minimum Gasteiger partial charge on any atom is -0.349 e. The summed E-state index contributed by atoms with van der Waals surface area (Å²) in [6, 6.07) is 0. The predicted molar refractivity (Wildman–Crippen MR) is 38.0 cm³/mol. The predicted octanol–water partition coefficient (Wildman–Crippen LogP) is -0.104. The van der Waals surface area contributed by atoms with Gasteiger partial charge in [-0.1, -0.05) is 12.5 Å². The molecule has 0 unspecified atom stereocenters. The first-order chi connectivity index (χ1) is 4.81. The van der Waals surface area contributed by atoms with Gasteiger partial charge in [-0.2, -0.15) is 0 Å². The van der Waals surface area contributed by atoms with E-state index in [9.17, 15) is 4.79 Å². The number of hydrogen-bond acceptors (Lipinski definition) is 2. The molecule has 54 valence electrons. The first-order valence-electron chi connectivity index (χ1n) is 2.72. The monoisotopic (exact) mass is 139 g/mol. The summed E-state index contributed by atoms with van der Waals surface area (Å²) in [4.78, 5) is 10.4. The highest BCUT2D eigenvalue weighted by Crippen LogP contribution is 1.69.